The summed E-state index contributed by atoms with van der Waals surface area (Å²) in [5.74, 6) is -0.595. The minimum atomic E-state index is -0.776. The van der Waals surface area contributed by atoms with Crippen LogP contribution in [0.25, 0.3) is 11.0 Å². The number of carbonyl (C=O) groups excluding carboxylic acids is 3. The summed E-state index contributed by atoms with van der Waals surface area (Å²) in [5, 5.41) is 26.0. The second-order valence-corrected chi connectivity index (χ2v) is 12.1. The lowest BCUT2D eigenvalue weighted by atomic mass is 10.0. The molecule has 328 valence electrons. The molecule has 1 atom stereocenters. The maximum absolute atomic E-state index is 13.1. The van der Waals surface area contributed by atoms with Crippen LogP contribution in [0.2, 0.25) is 0 Å². The topological polar surface area (TPSA) is 234 Å². The van der Waals surface area contributed by atoms with Gasteiger partial charge in [-0.1, -0.05) is 30.8 Å². The molecule has 3 rings (SSSR count). The molecule has 0 amide bonds. The summed E-state index contributed by atoms with van der Waals surface area (Å²) >= 11 is 0. The van der Waals surface area contributed by atoms with Gasteiger partial charge in [-0.15, -0.1) is 0 Å². The fourth-order valence-corrected chi connectivity index (χ4v) is 4.89. The van der Waals surface area contributed by atoms with Gasteiger partial charge in [-0.25, -0.2) is 9.59 Å². The normalized spacial score (nSPS) is 11.4. The second-order valence-electron chi connectivity index (χ2n) is 12.1. The van der Waals surface area contributed by atoms with Gasteiger partial charge in [0.25, 0.3) is 0 Å². The number of benzene rings is 2. The van der Waals surface area contributed by atoms with E-state index in [1.807, 2.05) is 0 Å². The van der Waals surface area contributed by atoms with Crippen molar-refractivity contribution in [1.29, 1.82) is 0 Å². The molecule has 0 aliphatic rings. The summed E-state index contributed by atoms with van der Waals surface area (Å²) in [6, 6.07) is 11.2. The van der Waals surface area contributed by atoms with Crippen LogP contribution in [-0.2, 0) is 53.9 Å². The molecule has 2 aromatic carbocycles. The monoisotopic (exact) mass is 836 g/mol. The highest BCUT2D eigenvalue weighted by Gasteiger charge is 2.19. The van der Waals surface area contributed by atoms with Crippen LogP contribution in [0.15, 0.2) is 64.3 Å². The Morgan fingerprint density at radius 2 is 1.39 bits per heavy atom. The first-order valence-electron chi connectivity index (χ1n) is 18.8. The Hall–Kier alpha value is -4.76. The van der Waals surface area contributed by atoms with E-state index in [-0.39, 0.29) is 89.7 Å². The van der Waals surface area contributed by atoms with Crippen molar-refractivity contribution >= 4 is 28.7 Å². The third-order valence-corrected chi connectivity index (χ3v) is 7.73. The molecule has 0 fully saturated rings. The quantitative estimate of drug-likeness (QED) is 0.0218. The largest absolute Gasteiger partial charge is 0.496 e. The van der Waals surface area contributed by atoms with E-state index >= 15 is 0 Å². The zero-order valence-corrected chi connectivity index (χ0v) is 33.8. The molecule has 0 bridgehead atoms. The van der Waals surface area contributed by atoms with Crippen molar-refractivity contribution in [1.82, 2.24) is 0 Å². The molecular formula is C41H56O18. The number of aliphatic hydroxyl groups is 3. The summed E-state index contributed by atoms with van der Waals surface area (Å²) in [6.07, 6.45) is 0.534. The molecule has 18 nitrogen and oxygen atoms in total. The van der Waals surface area contributed by atoms with Crippen molar-refractivity contribution in [2.24, 2.45) is 0 Å². The summed E-state index contributed by atoms with van der Waals surface area (Å²) < 4.78 is 57.4. The van der Waals surface area contributed by atoms with E-state index in [9.17, 15) is 19.2 Å². The van der Waals surface area contributed by atoms with Gasteiger partial charge in [-0.2, -0.15) is 0 Å². The highest BCUT2D eigenvalue weighted by molar-refractivity contribution is 6.10. The number of carbonyl (C=O) groups is 3. The van der Waals surface area contributed by atoms with Crippen LogP contribution in [0.4, 0.5) is 0 Å². The number of hydrogen-bond acceptors (Lipinski definition) is 18. The Balaban J connectivity index is 0.000000677. The van der Waals surface area contributed by atoms with E-state index in [1.54, 1.807) is 43.3 Å². The number of hydrogen-bond donors (Lipinski definition) is 3. The third kappa shape index (κ3) is 20.2. The van der Waals surface area contributed by atoms with Crippen LogP contribution in [0.5, 0.6) is 11.5 Å². The number of fused-ring (bicyclic) bond motifs is 1. The highest BCUT2D eigenvalue weighted by atomic mass is 16.7. The fraction of sp³-hybridized carbons (Fsp3) is 0.512. The average molecular weight is 837 g/mol. The summed E-state index contributed by atoms with van der Waals surface area (Å²) in [5.41, 5.74) is 0.430. The number of methoxy groups -OCH3 is 2. The Bertz CT molecular complexity index is 1710. The van der Waals surface area contributed by atoms with Gasteiger partial charge in [0.2, 0.25) is 0 Å². The van der Waals surface area contributed by atoms with E-state index < -0.39 is 29.6 Å². The standard InChI is InChI=1S/C32H36O12.C9H20O6/c1-5-29(33)42-17-15-40-13-12-39-14-16-41-21(2)43-30(34)11-8-22-6-9-23(10-7-22)31(35)26-20-25-27(38-4)18-24(37-3)19-28(25)44-32(26)36;10-1-4-13-7-9(15-6-3-12)8-14-5-2-11/h5-7,9-10,18-21H,1,8,11-17H2,2-4H3;9-12H,1-8H2. The fourth-order valence-electron chi connectivity index (χ4n) is 4.89. The smallest absolute Gasteiger partial charge is 0.347 e. The van der Waals surface area contributed by atoms with Crippen molar-refractivity contribution < 1.29 is 81.5 Å². The lowest BCUT2D eigenvalue weighted by molar-refractivity contribution is -0.177. The number of rotatable bonds is 30. The van der Waals surface area contributed by atoms with Gasteiger partial charge in [0.1, 0.15) is 35.4 Å². The number of ketones is 1. The molecule has 0 saturated carbocycles. The van der Waals surface area contributed by atoms with Gasteiger partial charge < -0.3 is 67.1 Å². The van der Waals surface area contributed by atoms with Crippen molar-refractivity contribution in [3.8, 4) is 11.5 Å². The molecule has 1 unspecified atom stereocenters. The first-order chi connectivity index (χ1) is 28.6. The van der Waals surface area contributed by atoms with Crippen LogP contribution in [0.1, 0.15) is 34.8 Å². The van der Waals surface area contributed by atoms with Crippen LogP contribution in [-0.4, -0.2) is 152 Å². The maximum Gasteiger partial charge on any atom is 0.347 e. The van der Waals surface area contributed by atoms with Gasteiger partial charge in [0, 0.05) is 30.2 Å². The van der Waals surface area contributed by atoms with Gasteiger partial charge in [-0.05, 0) is 25.0 Å². The van der Waals surface area contributed by atoms with E-state index in [0.717, 1.165) is 11.6 Å². The van der Waals surface area contributed by atoms with Gasteiger partial charge in [-0.3, -0.25) is 9.59 Å². The number of ether oxygens (including phenoxy) is 10. The molecule has 0 radical (unpaired) electrons. The summed E-state index contributed by atoms with van der Waals surface area (Å²) in [7, 11) is 2.95. The molecule has 3 aromatic rings. The Morgan fingerprint density at radius 1 is 0.763 bits per heavy atom. The van der Waals surface area contributed by atoms with Crippen LogP contribution >= 0.6 is 0 Å². The average Bonchev–Trinajstić information content (AvgIpc) is 3.24. The zero-order valence-electron chi connectivity index (χ0n) is 33.8. The molecule has 0 spiro atoms. The molecule has 0 aliphatic heterocycles. The Kier molecular flexibility index (Phi) is 25.9. The SMILES string of the molecule is C=CC(=O)OCCOCCOCCOC(C)OC(=O)CCc1ccc(C(=O)c2cc3c(OC)cc(OC)cc3oc2=O)cc1.OCCOCC(COCCO)OCCO. The Morgan fingerprint density at radius 3 is 1.98 bits per heavy atom. The van der Waals surface area contributed by atoms with Crippen molar-refractivity contribution in [3.63, 3.8) is 0 Å². The van der Waals surface area contributed by atoms with Gasteiger partial charge in [0.15, 0.2) is 12.1 Å². The van der Waals surface area contributed by atoms with E-state index in [2.05, 4.69) is 6.58 Å². The molecule has 59 heavy (non-hydrogen) atoms. The predicted molar refractivity (Wildman–Crippen MR) is 211 cm³/mol. The van der Waals surface area contributed by atoms with E-state index in [0.29, 0.717) is 55.3 Å². The first kappa shape index (κ1) is 50.4. The molecule has 1 aromatic heterocycles. The van der Waals surface area contributed by atoms with Crippen molar-refractivity contribution in [2.45, 2.75) is 32.2 Å². The van der Waals surface area contributed by atoms with Crippen LogP contribution in [0, 0.1) is 0 Å². The molecular weight excluding hydrogens is 780 g/mol. The minimum absolute atomic E-state index is 0.0375. The first-order valence-corrected chi connectivity index (χ1v) is 18.8. The zero-order chi connectivity index (χ0) is 43.3. The lowest BCUT2D eigenvalue weighted by Gasteiger charge is -2.17. The molecule has 18 heteroatoms. The van der Waals surface area contributed by atoms with Crippen LogP contribution in [0.3, 0.4) is 0 Å². The van der Waals surface area contributed by atoms with E-state index in [4.69, 9.17) is 67.1 Å². The number of esters is 2. The minimum Gasteiger partial charge on any atom is -0.496 e. The van der Waals surface area contributed by atoms with Crippen molar-refractivity contribution in [2.75, 3.05) is 107 Å². The summed E-state index contributed by atoms with van der Waals surface area (Å²) in [4.78, 5) is 48.8. The van der Waals surface area contributed by atoms with E-state index in [1.165, 1.54) is 20.3 Å². The van der Waals surface area contributed by atoms with Crippen LogP contribution < -0.4 is 15.1 Å². The molecule has 1 heterocycles. The number of aliphatic hydroxyl groups excluding tert-OH is 3. The molecule has 3 N–H and O–H groups in total. The van der Waals surface area contributed by atoms with Gasteiger partial charge >= 0.3 is 17.6 Å². The van der Waals surface area contributed by atoms with Gasteiger partial charge in [0.05, 0.1) is 105 Å². The number of aryl methyl sites for hydroxylation is 1. The Labute approximate surface area is 342 Å². The highest BCUT2D eigenvalue weighted by Crippen LogP contribution is 2.31. The second kappa shape index (κ2) is 30.3. The lowest BCUT2D eigenvalue weighted by Crippen LogP contribution is -2.28. The van der Waals surface area contributed by atoms with Crippen molar-refractivity contribution in [3.05, 3.63) is 82.2 Å². The maximum atomic E-state index is 13.1. The summed E-state index contributed by atoms with van der Waals surface area (Å²) in [6.45, 7) is 7.65. The molecule has 0 aliphatic carbocycles. The third-order valence-electron chi connectivity index (χ3n) is 7.73. The molecule has 0 saturated heterocycles. The predicted octanol–water partition coefficient (Wildman–Crippen LogP) is 2.02.